The Morgan fingerprint density at radius 1 is 1.05 bits per heavy atom. The molecule has 2 heterocycles. The number of esters is 1. The Bertz CT molecular complexity index is 1100. The highest BCUT2D eigenvalue weighted by Crippen LogP contribution is 2.47. The minimum Gasteiger partial charge on any atom is -0.466 e. The van der Waals surface area contributed by atoms with Crippen LogP contribution in [0.1, 0.15) is 83.1 Å². The van der Waals surface area contributed by atoms with Gasteiger partial charge in [0.2, 0.25) is 5.91 Å². The molecule has 5 rings (SSSR count). The molecule has 1 aromatic heterocycles. The lowest BCUT2D eigenvalue weighted by atomic mass is 9.63. The van der Waals surface area contributed by atoms with Gasteiger partial charge >= 0.3 is 5.97 Å². The van der Waals surface area contributed by atoms with Crippen LogP contribution in [0.4, 0.5) is 0 Å². The van der Waals surface area contributed by atoms with Crippen molar-refractivity contribution >= 4 is 23.5 Å². The van der Waals surface area contributed by atoms with Gasteiger partial charge in [0.1, 0.15) is 12.7 Å². The van der Waals surface area contributed by atoms with Crippen LogP contribution in [0.5, 0.6) is 0 Å². The van der Waals surface area contributed by atoms with Crippen LogP contribution in [0, 0.1) is 17.3 Å². The molecular weight excluding hydrogens is 538 g/mol. The van der Waals surface area contributed by atoms with Gasteiger partial charge in [-0.05, 0) is 93.7 Å². The van der Waals surface area contributed by atoms with E-state index in [1.54, 1.807) is 6.33 Å². The average Bonchev–Trinajstić information content (AvgIpc) is 3.52. The zero-order valence-corrected chi connectivity index (χ0v) is 25.2. The summed E-state index contributed by atoms with van der Waals surface area (Å²) < 4.78 is 7.26. The van der Waals surface area contributed by atoms with E-state index in [0.717, 1.165) is 63.7 Å². The molecule has 1 saturated heterocycles. The van der Waals surface area contributed by atoms with Crippen molar-refractivity contribution in [3.8, 4) is 0 Å². The first-order valence-electron chi connectivity index (χ1n) is 15.7. The number of nitrogens with one attached hydrogen (secondary N) is 1. The van der Waals surface area contributed by atoms with Crippen LogP contribution < -0.4 is 5.32 Å². The lowest BCUT2D eigenvalue weighted by Gasteiger charge is -2.48. The first kappa shape index (κ1) is 30.0. The van der Waals surface area contributed by atoms with Gasteiger partial charge in [0, 0.05) is 30.7 Å². The van der Waals surface area contributed by atoms with Gasteiger partial charge in [-0.15, -0.1) is 0 Å². The third kappa shape index (κ3) is 7.69. The predicted octanol–water partition coefficient (Wildman–Crippen LogP) is 5.44. The van der Waals surface area contributed by atoms with Gasteiger partial charge in [0.25, 0.3) is 0 Å². The van der Waals surface area contributed by atoms with Crippen LogP contribution in [0.2, 0.25) is 5.02 Å². The fourth-order valence-corrected chi connectivity index (χ4v) is 7.68. The van der Waals surface area contributed by atoms with Gasteiger partial charge in [-0.1, -0.05) is 43.0 Å². The number of amides is 1. The Morgan fingerprint density at radius 3 is 2.39 bits per heavy atom. The second-order valence-electron chi connectivity index (χ2n) is 12.5. The Kier molecular flexibility index (Phi) is 10.4. The first-order chi connectivity index (χ1) is 20.0. The topological polar surface area (TPSA) is 89.4 Å². The SMILES string of the molecule is CCOC(=O)[C@H]1CC[C@H](N[C@H](Cc2ccc(Cl)cc2)C(=O)N2CCC(Cn3cncn3)(C3CCCCC3)CC2)CC1. The van der Waals surface area contributed by atoms with Crippen molar-refractivity contribution in [1.29, 1.82) is 0 Å². The highest BCUT2D eigenvalue weighted by atomic mass is 35.5. The molecule has 0 radical (unpaired) electrons. The summed E-state index contributed by atoms with van der Waals surface area (Å²) in [5.41, 5.74) is 1.26. The monoisotopic (exact) mass is 583 g/mol. The number of nitrogens with zero attached hydrogens (tertiary/aromatic N) is 4. The number of halogens is 1. The molecule has 2 aliphatic carbocycles. The molecule has 0 bridgehead atoms. The summed E-state index contributed by atoms with van der Waals surface area (Å²) in [6.07, 6.45) is 15.9. The Morgan fingerprint density at radius 2 is 1.76 bits per heavy atom. The van der Waals surface area contributed by atoms with E-state index in [0.29, 0.717) is 24.0 Å². The van der Waals surface area contributed by atoms with Gasteiger partial charge < -0.3 is 15.0 Å². The standard InChI is InChI=1S/C32H46ClN5O3/c1-2-41-31(40)25-10-14-28(15-11-25)36-29(20-24-8-12-27(33)13-9-24)30(39)37-18-16-32(17-19-37,21-38-23-34-22-35-38)26-6-4-3-5-7-26/h8-9,12-13,22-23,25-26,28-29,36H,2-7,10-11,14-21H2,1H3/t25-,28-,29-/m1/s1. The number of hydrogen-bond donors (Lipinski definition) is 1. The molecule has 1 atom stereocenters. The molecule has 1 N–H and O–H groups in total. The summed E-state index contributed by atoms with van der Waals surface area (Å²) in [5, 5.41) is 8.88. The fraction of sp³-hybridized carbons (Fsp3) is 0.688. The van der Waals surface area contributed by atoms with Gasteiger partial charge in [0.05, 0.1) is 18.6 Å². The molecule has 1 amide bonds. The minimum atomic E-state index is -0.308. The Hall–Kier alpha value is -2.45. The van der Waals surface area contributed by atoms with Gasteiger partial charge in [-0.3, -0.25) is 14.3 Å². The Labute approximate surface area is 249 Å². The second-order valence-corrected chi connectivity index (χ2v) is 12.9. The maximum atomic E-state index is 14.1. The Balaban J connectivity index is 1.26. The molecule has 1 aliphatic heterocycles. The zero-order valence-electron chi connectivity index (χ0n) is 24.5. The second kappa shape index (κ2) is 14.1. The van der Waals surface area contributed by atoms with Gasteiger partial charge in [-0.2, -0.15) is 5.10 Å². The summed E-state index contributed by atoms with van der Waals surface area (Å²) in [7, 11) is 0. The van der Waals surface area contributed by atoms with Crippen molar-refractivity contribution in [3.05, 3.63) is 47.5 Å². The lowest BCUT2D eigenvalue weighted by molar-refractivity contribution is -0.149. The van der Waals surface area contributed by atoms with E-state index < -0.39 is 0 Å². The number of piperidine rings is 1. The highest BCUT2D eigenvalue weighted by Gasteiger charge is 2.44. The quantitative estimate of drug-likeness (QED) is 0.375. The van der Waals surface area contributed by atoms with Gasteiger partial charge in [-0.25, -0.2) is 4.98 Å². The molecule has 0 spiro atoms. The summed E-state index contributed by atoms with van der Waals surface area (Å²) in [6, 6.07) is 7.73. The van der Waals surface area contributed by atoms with Crippen molar-refractivity contribution in [3.63, 3.8) is 0 Å². The van der Waals surface area contributed by atoms with Crippen LogP contribution in [0.15, 0.2) is 36.9 Å². The predicted molar refractivity (Wildman–Crippen MR) is 159 cm³/mol. The van der Waals surface area contributed by atoms with E-state index in [4.69, 9.17) is 16.3 Å². The van der Waals surface area contributed by atoms with Crippen molar-refractivity contribution in [2.24, 2.45) is 17.3 Å². The van der Waals surface area contributed by atoms with Crippen LogP contribution in [0.25, 0.3) is 0 Å². The van der Waals surface area contributed by atoms with Crippen molar-refractivity contribution in [2.45, 2.75) is 103 Å². The molecule has 41 heavy (non-hydrogen) atoms. The number of likely N-dealkylation sites (tertiary alicyclic amines) is 1. The number of rotatable bonds is 10. The van der Waals surface area contributed by atoms with Crippen LogP contribution >= 0.6 is 11.6 Å². The van der Waals surface area contributed by atoms with E-state index in [9.17, 15) is 9.59 Å². The summed E-state index contributed by atoms with van der Waals surface area (Å²) in [5.74, 6) is 0.750. The molecule has 3 aliphatic rings. The number of aromatic nitrogens is 3. The van der Waals surface area contributed by atoms with E-state index in [2.05, 4.69) is 20.3 Å². The van der Waals surface area contributed by atoms with Gasteiger partial charge in [0.15, 0.2) is 0 Å². The van der Waals surface area contributed by atoms with E-state index in [-0.39, 0.29) is 35.3 Å². The molecule has 8 nitrogen and oxygen atoms in total. The average molecular weight is 584 g/mol. The summed E-state index contributed by atoms with van der Waals surface area (Å²) >= 11 is 6.15. The van der Waals surface area contributed by atoms with Crippen molar-refractivity contribution in [1.82, 2.24) is 25.0 Å². The number of carbonyl (C=O) groups is 2. The van der Waals surface area contributed by atoms with Crippen LogP contribution in [0.3, 0.4) is 0 Å². The van der Waals surface area contributed by atoms with E-state index >= 15 is 0 Å². The molecule has 1 aromatic carbocycles. The smallest absolute Gasteiger partial charge is 0.308 e. The summed E-state index contributed by atoms with van der Waals surface area (Å²) in [6.45, 7) is 4.71. The highest BCUT2D eigenvalue weighted by molar-refractivity contribution is 6.30. The van der Waals surface area contributed by atoms with Crippen molar-refractivity contribution in [2.75, 3.05) is 19.7 Å². The molecule has 0 unspecified atom stereocenters. The van der Waals surface area contributed by atoms with Crippen molar-refractivity contribution < 1.29 is 14.3 Å². The normalized spacial score (nSPS) is 24.1. The molecule has 2 saturated carbocycles. The molecule has 9 heteroatoms. The van der Waals surface area contributed by atoms with E-state index in [1.165, 1.54) is 32.1 Å². The minimum absolute atomic E-state index is 0.0293. The summed E-state index contributed by atoms with van der Waals surface area (Å²) in [4.78, 5) is 32.7. The first-order valence-corrected chi connectivity index (χ1v) is 16.1. The maximum Gasteiger partial charge on any atom is 0.308 e. The third-order valence-corrected chi connectivity index (χ3v) is 10.2. The zero-order chi connectivity index (χ0) is 28.7. The largest absolute Gasteiger partial charge is 0.466 e. The fourth-order valence-electron chi connectivity index (χ4n) is 7.55. The number of carbonyl (C=O) groups excluding carboxylic acids is 2. The number of benzene rings is 1. The lowest BCUT2D eigenvalue weighted by Crippen LogP contribution is -2.55. The van der Waals surface area contributed by atoms with E-state index in [1.807, 2.05) is 42.2 Å². The number of hydrogen-bond acceptors (Lipinski definition) is 6. The molecular formula is C32H46ClN5O3. The third-order valence-electron chi connectivity index (χ3n) is 9.92. The maximum absolute atomic E-state index is 14.1. The molecule has 3 fully saturated rings. The van der Waals surface area contributed by atoms with Crippen LogP contribution in [-0.2, 0) is 27.3 Å². The van der Waals surface area contributed by atoms with Crippen LogP contribution in [-0.4, -0.2) is 63.3 Å². The molecule has 224 valence electrons. The number of ether oxygens (including phenoxy) is 1. The molecule has 2 aromatic rings.